The molecule has 2 aromatic rings. The van der Waals surface area contributed by atoms with Crippen LogP contribution in [0.1, 0.15) is 51.2 Å². The summed E-state index contributed by atoms with van der Waals surface area (Å²) in [6, 6.07) is 11.2. The largest absolute Gasteiger partial charge is 0.351 e. The van der Waals surface area contributed by atoms with Crippen LogP contribution in [0.5, 0.6) is 0 Å². The SMILES string of the molecule is Cc1ccc(S(=O)(=O)C[C@@H](CC(=O)NC(C)(C)C)C(=O)NC2(C3=Nc4c(F)cccc4C3)CC2)cc1. The zero-order valence-corrected chi connectivity index (χ0v) is 21.8. The fourth-order valence-corrected chi connectivity index (χ4v) is 5.98. The van der Waals surface area contributed by atoms with Gasteiger partial charge in [0.2, 0.25) is 11.8 Å². The molecule has 1 heterocycles. The Hall–Kier alpha value is -3.07. The fraction of sp³-hybridized carbons (Fsp3) is 0.444. The minimum atomic E-state index is -3.83. The van der Waals surface area contributed by atoms with E-state index in [1.165, 1.54) is 18.2 Å². The number of aryl methyl sites for hydroxylation is 1. The highest BCUT2D eigenvalue weighted by molar-refractivity contribution is 7.91. The number of hydrogen-bond acceptors (Lipinski definition) is 5. The number of para-hydroxylation sites is 1. The molecule has 2 amide bonds. The maximum absolute atomic E-state index is 14.2. The van der Waals surface area contributed by atoms with Crippen LogP contribution in [0.25, 0.3) is 0 Å². The first-order chi connectivity index (χ1) is 16.8. The molecule has 2 N–H and O–H groups in total. The van der Waals surface area contributed by atoms with Gasteiger partial charge in [0.1, 0.15) is 11.5 Å². The fourth-order valence-electron chi connectivity index (χ4n) is 4.43. The zero-order valence-electron chi connectivity index (χ0n) is 21.0. The van der Waals surface area contributed by atoms with Crippen molar-refractivity contribution >= 4 is 33.1 Å². The first kappa shape index (κ1) is 26.0. The Morgan fingerprint density at radius 1 is 1.11 bits per heavy atom. The first-order valence-corrected chi connectivity index (χ1v) is 13.7. The molecule has 2 aromatic carbocycles. The lowest BCUT2D eigenvalue weighted by molar-refractivity contribution is -0.130. The summed E-state index contributed by atoms with van der Waals surface area (Å²) < 4.78 is 40.6. The molecule has 0 unspecified atom stereocenters. The molecule has 1 saturated carbocycles. The van der Waals surface area contributed by atoms with Gasteiger partial charge >= 0.3 is 0 Å². The van der Waals surface area contributed by atoms with Gasteiger partial charge in [-0.2, -0.15) is 0 Å². The third kappa shape index (κ3) is 5.83. The van der Waals surface area contributed by atoms with Gasteiger partial charge in [-0.25, -0.2) is 12.8 Å². The van der Waals surface area contributed by atoms with Crippen molar-refractivity contribution in [2.45, 2.75) is 69.4 Å². The number of rotatable bonds is 8. The molecule has 0 spiro atoms. The van der Waals surface area contributed by atoms with E-state index in [-0.39, 0.29) is 17.0 Å². The molecule has 1 atom stereocenters. The zero-order chi connectivity index (χ0) is 26.3. The quantitative estimate of drug-likeness (QED) is 0.560. The highest BCUT2D eigenvalue weighted by Gasteiger charge is 2.51. The number of fused-ring (bicyclic) bond motifs is 1. The molecule has 1 aliphatic heterocycles. The second kappa shape index (κ2) is 9.42. The van der Waals surface area contributed by atoms with Crippen LogP contribution in [-0.4, -0.2) is 42.8 Å². The monoisotopic (exact) mass is 513 g/mol. The third-order valence-corrected chi connectivity index (χ3v) is 8.29. The standard InChI is InChI=1S/C27H32FN3O4S/c1-17-8-10-20(11-9-17)36(34,35)16-19(15-23(32)30-26(2,3)4)25(33)31-27(12-13-27)22-14-18-6-5-7-21(28)24(18)29-22/h5-11,19H,12-16H2,1-4H3,(H,30,32)(H,31,33)/t19-/m1/s1. The molecular weight excluding hydrogens is 481 g/mol. The maximum atomic E-state index is 14.2. The van der Waals surface area contributed by atoms with Crippen LogP contribution in [0.4, 0.5) is 10.1 Å². The summed E-state index contributed by atoms with van der Waals surface area (Å²) in [6.45, 7) is 7.31. The van der Waals surface area contributed by atoms with Crippen LogP contribution >= 0.6 is 0 Å². The highest BCUT2D eigenvalue weighted by atomic mass is 32.2. The van der Waals surface area contributed by atoms with Crippen LogP contribution in [0, 0.1) is 18.7 Å². The number of amides is 2. The van der Waals surface area contributed by atoms with E-state index in [0.29, 0.717) is 25.0 Å². The van der Waals surface area contributed by atoms with Crippen molar-refractivity contribution in [3.63, 3.8) is 0 Å². The van der Waals surface area contributed by atoms with Gasteiger partial charge < -0.3 is 10.6 Å². The number of benzene rings is 2. The predicted octanol–water partition coefficient (Wildman–Crippen LogP) is 3.81. The summed E-state index contributed by atoms with van der Waals surface area (Å²) in [7, 11) is -3.83. The molecule has 9 heteroatoms. The van der Waals surface area contributed by atoms with Crippen LogP contribution in [0.2, 0.25) is 0 Å². The van der Waals surface area contributed by atoms with Gasteiger partial charge in [0.25, 0.3) is 0 Å². The molecule has 7 nitrogen and oxygen atoms in total. The number of halogens is 1. The summed E-state index contributed by atoms with van der Waals surface area (Å²) in [5.74, 6) is -2.94. The Balaban J connectivity index is 1.55. The number of carbonyl (C=O) groups excluding carboxylic acids is 2. The lowest BCUT2D eigenvalue weighted by Crippen LogP contribution is -2.49. The van der Waals surface area contributed by atoms with Crippen molar-refractivity contribution in [2.75, 3.05) is 5.75 Å². The van der Waals surface area contributed by atoms with E-state index in [1.54, 1.807) is 24.3 Å². The number of sulfone groups is 1. The average Bonchev–Trinajstić information content (AvgIpc) is 3.40. The smallest absolute Gasteiger partial charge is 0.225 e. The lowest BCUT2D eigenvalue weighted by atomic mass is 10.0. The molecule has 1 aliphatic carbocycles. The van der Waals surface area contributed by atoms with E-state index >= 15 is 0 Å². The van der Waals surface area contributed by atoms with Gasteiger partial charge in [0, 0.05) is 24.1 Å². The molecule has 1 fully saturated rings. The van der Waals surface area contributed by atoms with Crippen molar-refractivity contribution in [2.24, 2.45) is 10.9 Å². The summed E-state index contributed by atoms with van der Waals surface area (Å²) in [5, 5.41) is 5.79. The van der Waals surface area contributed by atoms with Crippen molar-refractivity contribution in [1.29, 1.82) is 0 Å². The number of carbonyl (C=O) groups is 2. The van der Waals surface area contributed by atoms with Gasteiger partial charge in [0.15, 0.2) is 9.84 Å². The summed E-state index contributed by atoms with van der Waals surface area (Å²) in [4.78, 5) is 30.8. The molecule has 36 heavy (non-hydrogen) atoms. The second-order valence-corrected chi connectivity index (χ2v) is 12.9. The summed E-state index contributed by atoms with van der Waals surface area (Å²) >= 11 is 0. The number of aliphatic imine (C=N–C) groups is 1. The Morgan fingerprint density at radius 3 is 2.36 bits per heavy atom. The lowest BCUT2D eigenvalue weighted by Gasteiger charge is -2.25. The highest BCUT2D eigenvalue weighted by Crippen LogP contribution is 2.43. The minimum absolute atomic E-state index is 0.106. The Kier molecular flexibility index (Phi) is 6.81. The minimum Gasteiger partial charge on any atom is -0.351 e. The first-order valence-electron chi connectivity index (χ1n) is 12.1. The van der Waals surface area contributed by atoms with Crippen molar-refractivity contribution in [3.8, 4) is 0 Å². The van der Waals surface area contributed by atoms with Crippen LogP contribution in [0.15, 0.2) is 52.4 Å². The normalized spacial score (nSPS) is 17.1. The average molecular weight is 514 g/mol. The summed E-state index contributed by atoms with van der Waals surface area (Å²) in [5.41, 5.74) is 1.35. The molecule has 2 aliphatic rings. The number of nitrogens with one attached hydrogen (secondary N) is 2. The van der Waals surface area contributed by atoms with Crippen LogP contribution in [-0.2, 0) is 25.8 Å². The number of nitrogens with zero attached hydrogens (tertiary/aromatic N) is 1. The van der Waals surface area contributed by atoms with Crippen molar-refractivity contribution < 1.29 is 22.4 Å². The third-order valence-electron chi connectivity index (χ3n) is 6.46. The van der Waals surface area contributed by atoms with E-state index in [2.05, 4.69) is 15.6 Å². The Bertz CT molecular complexity index is 1320. The molecule has 0 radical (unpaired) electrons. The van der Waals surface area contributed by atoms with Crippen molar-refractivity contribution in [3.05, 3.63) is 59.4 Å². The topological polar surface area (TPSA) is 105 Å². The van der Waals surface area contributed by atoms with Crippen LogP contribution in [0.3, 0.4) is 0 Å². The number of hydrogen-bond donors (Lipinski definition) is 2. The van der Waals surface area contributed by atoms with E-state index in [9.17, 15) is 22.4 Å². The summed E-state index contributed by atoms with van der Waals surface area (Å²) in [6.07, 6.45) is 1.40. The van der Waals surface area contributed by atoms with Crippen molar-refractivity contribution in [1.82, 2.24) is 10.6 Å². The Morgan fingerprint density at radius 2 is 1.78 bits per heavy atom. The van der Waals surface area contributed by atoms with Gasteiger partial charge in [-0.05, 0) is 64.3 Å². The maximum Gasteiger partial charge on any atom is 0.225 e. The molecule has 0 bridgehead atoms. The molecule has 0 aromatic heterocycles. The predicted molar refractivity (Wildman–Crippen MR) is 137 cm³/mol. The molecule has 0 saturated heterocycles. The van der Waals surface area contributed by atoms with Gasteiger partial charge in [-0.1, -0.05) is 29.8 Å². The van der Waals surface area contributed by atoms with Crippen LogP contribution < -0.4 is 10.6 Å². The Labute approximate surface area is 211 Å². The molecular formula is C27H32FN3O4S. The van der Waals surface area contributed by atoms with Gasteiger partial charge in [0.05, 0.1) is 22.1 Å². The van der Waals surface area contributed by atoms with E-state index in [4.69, 9.17) is 0 Å². The van der Waals surface area contributed by atoms with E-state index in [0.717, 1.165) is 11.1 Å². The van der Waals surface area contributed by atoms with E-state index < -0.39 is 50.2 Å². The van der Waals surface area contributed by atoms with Gasteiger partial charge in [-0.15, -0.1) is 0 Å². The molecule has 4 rings (SSSR count). The molecule has 192 valence electrons. The van der Waals surface area contributed by atoms with Gasteiger partial charge in [-0.3, -0.25) is 14.6 Å². The van der Waals surface area contributed by atoms with E-state index in [1.807, 2.05) is 27.7 Å². The second-order valence-electron chi connectivity index (χ2n) is 10.8.